The lowest BCUT2D eigenvalue weighted by molar-refractivity contribution is 0.0529. The molecule has 0 unspecified atom stereocenters. The van der Waals surface area contributed by atoms with Crippen molar-refractivity contribution in [1.29, 1.82) is 0 Å². The van der Waals surface area contributed by atoms with Crippen LogP contribution in [0.1, 0.15) is 33.2 Å². The number of thiophene rings is 1. The number of anilines is 1. The molecule has 0 spiro atoms. The highest BCUT2D eigenvalue weighted by atomic mass is 32.1. The Morgan fingerprint density at radius 3 is 2.41 bits per heavy atom. The monoisotopic (exact) mass is 510 g/mol. The summed E-state index contributed by atoms with van der Waals surface area (Å²) < 4.78 is 18.8. The van der Waals surface area contributed by atoms with Crippen LogP contribution in [0.5, 0.6) is 0 Å². The number of fused-ring (bicyclic) bond motifs is 1. The molecule has 0 fully saturated rings. The Labute approximate surface area is 217 Å². The number of hydrogen-bond acceptors (Lipinski definition) is 5. The molecule has 0 bridgehead atoms. The van der Waals surface area contributed by atoms with Gasteiger partial charge in [0, 0.05) is 21.9 Å². The zero-order valence-electron chi connectivity index (χ0n) is 20.2. The number of benzene rings is 3. The Hall–Kier alpha value is -4.36. The van der Waals surface area contributed by atoms with Gasteiger partial charge in [-0.15, -0.1) is 11.3 Å². The third kappa shape index (κ3) is 4.99. The lowest BCUT2D eigenvalue weighted by Gasteiger charge is -2.12. The van der Waals surface area contributed by atoms with Gasteiger partial charge in [0.05, 0.1) is 23.4 Å². The summed E-state index contributed by atoms with van der Waals surface area (Å²) in [6, 6.07) is 23.0. The standard InChI is InChI=1S/C30H23FN2O3S/c1-3-36-30(35)27-24(19-12-14-21(31)15-13-19)17-37-29(27)33-28(34)23-16-26(20-10-8-18(2)9-11-20)32-25-7-5-4-6-22(23)25/h4-17H,3H2,1-2H3,(H,33,34). The maximum Gasteiger partial charge on any atom is 0.341 e. The number of carbonyl (C=O) groups is 2. The Balaban J connectivity index is 1.57. The Bertz CT molecular complexity index is 1610. The molecule has 0 aliphatic rings. The van der Waals surface area contributed by atoms with E-state index in [1.165, 1.54) is 23.5 Å². The fourth-order valence-electron chi connectivity index (χ4n) is 4.10. The first-order valence-corrected chi connectivity index (χ1v) is 12.6. The second-order valence-electron chi connectivity index (χ2n) is 8.47. The average Bonchev–Trinajstić information content (AvgIpc) is 3.32. The van der Waals surface area contributed by atoms with E-state index in [1.807, 2.05) is 55.5 Å². The quantitative estimate of drug-likeness (QED) is 0.240. The van der Waals surface area contributed by atoms with Gasteiger partial charge in [-0.2, -0.15) is 0 Å². The first kappa shape index (κ1) is 24.3. The van der Waals surface area contributed by atoms with Gasteiger partial charge >= 0.3 is 5.97 Å². The number of halogens is 1. The van der Waals surface area contributed by atoms with Crippen molar-refractivity contribution in [1.82, 2.24) is 4.98 Å². The number of esters is 1. The van der Waals surface area contributed by atoms with E-state index in [0.29, 0.717) is 38.3 Å². The lowest BCUT2D eigenvalue weighted by atomic mass is 10.0. The number of aromatic nitrogens is 1. The summed E-state index contributed by atoms with van der Waals surface area (Å²) in [6.45, 7) is 3.91. The van der Waals surface area contributed by atoms with Crippen molar-refractivity contribution in [3.05, 3.63) is 107 Å². The normalized spacial score (nSPS) is 10.9. The third-order valence-electron chi connectivity index (χ3n) is 5.96. The molecule has 5 aromatic rings. The Kier molecular flexibility index (Phi) is 6.79. The molecule has 184 valence electrons. The predicted molar refractivity (Wildman–Crippen MR) is 146 cm³/mol. The summed E-state index contributed by atoms with van der Waals surface area (Å²) in [7, 11) is 0. The van der Waals surface area contributed by atoms with E-state index in [2.05, 4.69) is 5.32 Å². The van der Waals surface area contributed by atoms with Gasteiger partial charge < -0.3 is 10.1 Å². The molecule has 37 heavy (non-hydrogen) atoms. The fraction of sp³-hybridized carbons (Fsp3) is 0.100. The minimum Gasteiger partial charge on any atom is -0.462 e. The summed E-state index contributed by atoms with van der Waals surface area (Å²) in [6.07, 6.45) is 0. The highest BCUT2D eigenvalue weighted by Crippen LogP contribution is 2.37. The summed E-state index contributed by atoms with van der Waals surface area (Å²) in [5.41, 5.74) is 5.28. The number of hydrogen-bond donors (Lipinski definition) is 1. The van der Waals surface area contributed by atoms with Crippen LogP contribution in [0.15, 0.2) is 84.2 Å². The van der Waals surface area contributed by atoms with Crippen LogP contribution in [0.25, 0.3) is 33.3 Å². The molecule has 2 aromatic heterocycles. The number of pyridine rings is 1. The number of amides is 1. The molecular weight excluding hydrogens is 487 g/mol. The van der Waals surface area contributed by atoms with Gasteiger partial charge in [0.1, 0.15) is 16.4 Å². The second kappa shape index (κ2) is 10.3. The highest BCUT2D eigenvalue weighted by molar-refractivity contribution is 7.15. The number of nitrogens with one attached hydrogen (secondary N) is 1. The first-order valence-electron chi connectivity index (χ1n) is 11.8. The van der Waals surface area contributed by atoms with Crippen LogP contribution in [-0.2, 0) is 4.74 Å². The van der Waals surface area contributed by atoms with E-state index in [0.717, 1.165) is 11.1 Å². The van der Waals surface area contributed by atoms with Crippen LogP contribution in [-0.4, -0.2) is 23.5 Å². The fourth-order valence-corrected chi connectivity index (χ4v) is 5.06. The van der Waals surface area contributed by atoms with Crippen LogP contribution in [0.3, 0.4) is 0 Å². The minimum atomic E-state index is -0.557. The lowest BCUT2D eigenvalue weighted by Crippen LogP contribution is -2.15. The van der Waals surface area contributed by atoms with Gasteiger partial charge in [-0.05, 0) is 43.7 Å². The zero-order valence-corrected chi connectivity index (χ0v) is 21.1. The van der Waals surface area contributed by atoms with Gasteiger partial charge in [-0.1, -0.05) is 60.2 Å². The topological polar surface area (TPSA) is 68.3 Å². The van der Waals surface area contributed by atoms with Crippen molar-refractivity contribution >= 4 is 39.1 Å². The molecule has 5 rings (SSSR count). The van der Waals surface area contributed by atoms with Crippen LogP contribution >= 0.6 is 11.3 Å². The van der Waals surface area contributed by atoms with Crippen molar-refractivity contribution in [2.75, 3.05) is 11.9 Å². The number of carbonyl (C=O) groups excluding carboxylic acids is 2. The summed E-state index contributed by atoms with van der Waals surface area (Å²) >= 11 is 1.22. The number of nitrogens with zero attached hydrogens (tertiary/aromatic N) is 1. The molecular formula is C30H23FN2O3S. The van der Waals surface area contributed by atoms with Crippen LogP contribution < -0.4 is 5.32 Å². The molecule has 1 amide bonds. The largest absolute Gasteiger partial charge is 0.462 e. The second-order valence-corrected chi connectivity index (χ2v) is 9.35. The van der Waals surface area contributed by atoms with Gasteiger partial charge in [0.25, 0.3) is 5.91 Å². The van der Waals surface area contributed by atoms with Gasteiger partial charge in [0.15, 0.2) is 0 Å². The smallest absolute Gasteiger partial charge is 0.341 e. The molecule has 7 heteroatoms. The van der Waals surface area contributed by atoms with Gasteiger partial charge in [0.2, 0.25) is 0 Å². The molecule has 0 saturated carbocycles. The molecule has 5 nitrogen and oxygen atoms in total. The van der Waals surface area contributed by atoms with Gasteiger partial charge in [-0.25, -0.2) is 14.2 Å². The van der Waals surface area contributed by atoms with Crippen molar-refractivity contribution in [2.24, 2.45) is 0 Å². The molecule has 2 heterocycles. The van der Waals surface area contributed by atoms with Crippen molar-refractivity contribution in [2.45, 2.75) is 13.8 Å². The number of ether oxygens (including phenoxy) is 1. The third-order valence-corrected chi connectivity index (χ3v) is 6.86. The SMILES string of the molecule is CCOC(=O)c1c(-c2ccc(F)cc2)csc1NC(=O)c1cc(-c2ccc(C)cc2)nc2ccccc12. The van der Waals surface area contributed by atoms with E-state index in [1.54, 1.807) is 30.5 Å². The number of para-hydroxylation sites is 1. The Morgan fingerprint density at radius 2 is 1.68 bits per heavy atom. The number of rotatable bonds is 6. The summed E-state index contributed by atoms with van der Waals surface area (Å²) in [5.74, 6) is -1.30. The van der Waals surface area contributed by atoms with Crippen molar-refractivity contribution in [3.63, 3.8) is 0 Å². The van der Waals surface area contributed by atoms with Crippen molar-refractivity contribution < 1.29 is 18.7 Å². The zero-order chi connectivity index (χ0) is 25.9. The van der Waals surface area contributed by atoms with Crippen molar-refractivity contribution in [3.8, 4) is 22.4 Å². The summed E-state index contributed by atoms with van der Waals surface area (Å²) in [4.78, 5) is 31.4. The molecule has 0 atom stereocenters. The average molecular weight is 511 g/mol. The molecule has 0 radical (unpaired) electrons. The van der Waals surface area contributed by atoms with Crippen LogP contribution in [0.4, 0.5) is 9.39 Å². The predicted octanol–water partition coefficient (Wildman–Crippen LogP) is 7.51. The van der Waals surface area contributed by atoms with Crippen LogP contribution in [0.2, 0.25) is 0 Å². The maximum atomic E-state index is 13.7. The summed E-state index contributed by atoms with van der Waals surface area (Å²) in [5, 5.41) is 5.75. The molecule has 0 aliphatic heterocycles. The highest BCUT2D eigenvalue weighted by Gasteiger charge is 2.24. The van der Waals surface area contributed by atoms with E-state index < -0.39 is 5.97 Å². The van der Waals surface area contributed by atoms with Gasteiger partial charge in [-0.3, -0.25) is 4.79 Å². The maximum absolute atomic E-state index is 13.7. The van der Waals surface area contributed by atoms with E-state index in [-0.39, 0.29) is 23.9 Å². The number of aryl methyl sites for hydroxylation is 1. The van der Waals surface area contributed by atoms with E-state index in [4.69, 9.17) is 9.72 Å². The van der Waals surface area contributed by atoms with Crippen LogP contribution in [0, 0.1) is 12.7 Å². The molecule has 0 saturated heterocycles. The molecule has 0 aliphatic carbocycles. The molecule has 1 N–H and O–H groups in total. The Morgan fingerprint density at radius 1 is 0.973 bits per heavy atom. The first-order chi connectivity index (χ1) is 17.9. The molecule has 3 aromatic carbocycles. The van der Waals surface area contributed by atoms with E-state index >= 15 is 0 Å². The van der Waals surface area contributed by atoms with E-state index in [9.17, 15) is 14.0 Å². The minimum absolute atomic E-state index is 0.180.